The fourth-order valence-corrected chi connectivity index (χ4v) is 2.42. The molecule has 0 saturated carbocycles. The van der Waals surface area contributed by atoms with Gasteiger partial charge in [0.25, 0.3) is 0 Å². The molecule has 18 heavy (non-hydrogen) atoms. The fourth-order valence-electron chi connectivity index (χ4n) is 2.42. The van der Waals surface area contributed by atoms with E-state index in [9.17, 15) is 13.2 Å². The normalized spacial score (nSPS) is 18.0. The van der Waals surface area contributed by atoms with Crippen molar-refractivity contribution in [1.29, 1.82) is 0 Å². The second kappa shape index (κ2) is 5.26. The minimum absolute atomic E-state index is 0.439. The van der Waals surface area contributed by atoms with Crippen LogP contribution in [0.2, 0.25) is 0 Å². The molecule has 0 unspecified atom stereocenters. The Morgan fingerprint density at radius 1 is 1.28 bits per heavy atom. The summed E-state index contributed by atoms with van der Waals surface area (Å²) in [6.45, 7) is 3.53. The summed E-state index contributed by atoms with van der Waals surface area (Å²) in [5, 5.41) is 3.26. The van der Waals surface area contributed by atoms with Crippen LogP contribution in [0, 0.1) is 12.8 Å². The van der Waals surface area contributed by atoms with E-state index in [1.807, 2.05) is 0 Å². The molecule has 1 N–H and O–H groups in total. The van der Waals surface area contributed by atoms with Gasteiger partial charge in [0, 0.05) is 5.69 Å². The van der Waals surface area contributed by atoms with Crippen molar-refractivity contribution in [3.05, 3.63) is 29.1 Å². The molecule has 1 fully saturated rings. The maximum absolute atomic E-state index is 12.7. The highest BCUT2D eigenvalue weighted by Crippen LogP contribution is 2.29. The maximum Gasteiger partial charge on any atom is 0.433 e. The molecular weight excluding hydrogens is 241 g/mol. The summed E-state index contributed by atoms with van der Waals surface area (Å²) in [6, 6.07) is 2.95. The van der Waals surface area contributed by atoms with Gasteiger partial charge in [-0.15, -0.1) is 0 Å². The lowest BCUT2D eigenvalue weighted by Crippen LogP contribution is -2.28. The van der Waals surface area contributed by atoms with E-state index in [4.69, 9.17) is 0 Å². The smallest absolute Gasteiger partial charge is 0.317 e. The molecule has 0 amide bonds. The Balaban J connectivity index is 2.14. The van der Waals surface area contributed by atoms with E-state index in [0.717, 1.165) is 31.5 Å². The minimum Gasteiger partial charge on any atom is -0.317 e. The molecule has 1 aromatic rings. The van der Waals surface area contributed by atoms with Crippen LogP contribution in [-0.2, 0) is 12.6 Å². The van der Waals surface area contributed by atoms with Crippen LogP contribution in [0.5, 0.6) is 0 Å². The minimum atomic E-state index is -4.35. The second-order valence-corrected chi connectivity index (χ2v) is 4.90. The van der Waals surface area contributed by atoms with E-state index in [0.29, 0.717) is 18.0 Å². The van der Waals surface area contributed by atoms with Gasteiger partial charge in [0.2, 0.25) is 0 Å². The fraction of sp³-hybridized carbons (Fsp3) is 0.615. The molecule has 2 heterocycles. The van der Waals surface area contributed by atoms with Crippen molar-refractivity contribution in [2.24, 2.45) is 5.92 Å². The first-order valence-electron chi connectivity index (χ1n) is 6.20. The molecule has 2 nitrogen and oxygen atoms in total. The maximum atomic E-state index is 12.7. The summed E-state index contributed by atoms with van der Waals surface area (Å²) in [7, 11) is 0. The van der Waals surface area contributed by atoms with Crippen molar-refractivity contribution < 1.29 is 13.2 Å². The van der Waals surface area contributed by atoms with Crippen LogP contribution in [0.25, 0.3) is 0 Å². The molecule has 2 rings (SSSR count). The van der Waals surface area contributed by atoms with Crippen molar-refractivity contribution >= 4 is 0 Å². The summed E-state index contributed by atoms with van der Waals surface area (Å²) in [5.41, 5.74) is 0.418. The Morgan fingerprint density at radius 3 is 2.56 bits per heavy atom. The van der Waals surface area contributed by atoms with E-state index in [2.05, 4.69) is 10.3 Å². The zero-order chi connectivity index (χ0) is 13.2. The molecule has 0 radical (unpaired) electrons. The SMILES string of the molecule is Cc1cc(CC2CCNCC2)cc(C(F)(F)F)n1. The first-order chi connectivity index (χ1) is 8.45. The van der Waals surface area contributed by atoms with Gasteiger partial charge < -0.3 is 5.32 Å². The van der Waals surface area contributed by atoms with Crippen molar-refractivity contribution in [1.82, 2.24) is 10.3 Å². The van der Waals surface area contributed by atoms with Gasteiger partial charge in [-0.3, -0.25) is 0 Å². The molecule has 1 saturated heterocycles. The molecule has 0 atom stereocenters. The summed E-state index contributed by atoms with van der Waals surface area (Å²) >= 11 is 0. The summed E-state index contributed by atoms with van der Waals surface area (Å²) < 4.78 is 38.0. The third-order valence-electron chi connectivity index (χ3n) is 3.29. The first kappa shape index (κ1) is 13.3. The highest BCUT2D eigenvalue weighted by molar-refractivity contribution is 5.23. The number of alkyl halides is 3. The van der Waals surface area contributed by atoms with Gasteiger partial charge in [-0.25, -0.2) is 4.98 Å². The molecule has 0 spiro atoms. The lowest BCUT2D eigenvalue weighted by Gasteiger charge is -2.23. The van der Waals surface area contributed by atoms with Crippen molar-refractivity contribution in [3.63, 3.8) is 0 Å². The van der Waals surface area contributed by atoms with Gasteiger partial charge in [0.05, 0.1) is 0 Å². The zero-order valence-corrected chi connectivity index (χ0v) is 10.3. The largest absolute Gasteiger partial charge is 0.433 e. The predicted octanol–water partition coefficient (Wildman–Crippen LogP) is 2.95. The average molecular weight is 258 g/mol. The van der Waals surface area contributed by atoms with Crippen molar-refractivity contribution in [3.8, 4) is 0 Å². The van der Waals surface area contributed by atoms with E-state index >= 15 is 0 Å². The van der Waals surface area contributed by atoms with Crippen LogP contribution in [0.1, 0.15) is 29.8 Å². The molecule has 5 heteroatoms. The van der Waals surface area contributed by atoms with E-state index < -0.39 is 11.9 Å². The highest BCUT2D eigenvalue weighted by Gasteiger charge is 2.33. The molecule has 100 valence electrons. The van der Waals surface area contributed by atoms with Crippen LogP contribution >= 0.6 is 0 Å². The summed E-state index contributed by atoms with van der Waals surface area (Å²) in [5.74, 6) is 0.481. The number of rotatable bonds is 2. The van der Waals surface area contributed by atoms with Crippen LogP contribution in [0.3, 0.4) is 0 Å². The molecule has 0 bridgehead atoms. The first-order valence-corrected chi connectivity index (χ1v) is 6.20. The highest BCUT2D eigenvalue weighted by atomic mass is 19.4. The quantitative estimate of drug-likeness (QED) is 0.882. The van der Waals surface area contributed by atoms with Crippen molar-refractivity contribution in [2.45, 2.75) is 32.4 Å². The Kier molecular flexibility index (Phi) is 3.90. The van der Waals surface area contributed by atoms with Gasteiger partial charge in [0.15, 0.2) is 0 Å². The second-order valence-electron chi connectivity index (χ2n) is 4.90. The number of pyridine rings is 1. The third kappa shape index (κ3) is 3.45. The average Bonchev–Trinajstić information content (AvgIpc) is 2.28. The van der Waals surface area contributed by atoms with Crippen LogP contribution in [-0.4, -0.2) is 18.1 Å². The Labute approximate surface area is 105 Å². The number of piperidine rings is 1. The van der Waals surface area contributed by atoms with E-state index in [1.54, 1.807) is 13.0 Å². The van der Waals surface area contributed by atoms with Gasteiger partial charge in [0.1, 0.15) is 5.69 Å². The van der Waals surface area contributed by atoms with Crippen molar-refractivity contribution in [2.75, 3.05) is 13.1 Å². The third-order valence-corrected chi connectivity index (χ3v) is 3.29. The lowest BCUT2D eigenvalue weighted by atomic mass is 9.91. The number of aromatic nitrogens is 1. The molecule has 0 aliphatic carbocycles. The Morgan fingerprint density at radius 2 is 1.94 bits per heavy atom. The van der Waals surface area contributed by atoms with Gasteiger partial charge in [-0.05, 0) is 62.9 Å². The molecular formula is C13H17F3N2. The Bertz CT molecular complexity index is 409. The van der Waals surface area contributed by atoms with Gasteiger partial charge >= 0.3 is 6.18 Å². The Hall–Kier alpha value is -1.10. The number of aryl methyl sites for hydroxylation is 1. The number of halogens is 3. The molecule has 1 aromatic heterocycles. The number of nitrogens with one attached hydrogen (secondary N) is 1. The van der Waals surface area contributed by atoms with Crippen LogP contribution < -0.4 is 5.32 Å². The summed E-state index contributed by atoms with van der Waals surface area (Å²) in [6.07, 6.45) is -1.57. The van der Waals surface area contributed by atoms with E-state index in [1.165, 1.54) is 6.07 Å². The van der Waals surface area contributed by atoms with Crippen LogP contribution in [0.4, 0.5) is 13.2 Å². The topological polar surface area (TPSA) is 24.9 Å². The van der Waals surface area contributed by atoms with Crippen LogP contribution in [0.15, 0.2) is 12.1 Å². The number of hydrogen-bond acceptors (Lipinski definition) is 2. The molecule has 1 aliphatic heterocycles. The van der Waals surface area contributed by atoms with E-state index in [-0.39, 0.29) is 0 Å². The standard InChI is InChI=1S/C13H17F3N2/c1-9-6-11(7-10-2-4-17-5-3-10)8-12(18-9)13(14,15)16/h6,8,10,17H,2-5,7H2,1H3. The molecule has 0 aromatic carbocycles. The number of hydrogen-bond donors (Lipinski definition) is 1. The molecule has 1 aliphatic rings. The number of nitrogens with zero attached hydrogens (tertiary/aromatic N) is 1. The van der Waals surface area contributed by atoms with Gasteiger partial charge in [-0.1, -0.05) is 0 Å². The monoisotopic (exact) mass is 258 g/mol. The predicted molar refractivity (Wildman–Crippen MR) is 63.3 cm³/mol. The van der Waals surface area contributed by atoms with Gasteiger partial charge in [-0.2, -0.15) is 13.2 Å². The summed E-state index contributed by atoms with van der Waals surface area (Å²) in [4.78, 5) is 3.56. The zero-order valence-electron chi connectivity index (χ0n) is 10.3. The lowest BCUT2D eigenvalue weighted by molar-refractivity contribution is -0.141.